The van der Waals surface area contributed by atoms with Crippen molar-refractivity contribution in [3.63, 3.8) is 0 Å². The van der Waals surface area contributed by atoms with Crippen LogP contribution in [-0.4, -0.2) is 11.7 Å². The minimum Gasteiger partial charge on any atom is -0.295 e. The Morgan fingerprint density at radius 3 is 2.52 bits per heavy atom. The molecule has 0 radical (unpaired) electrons. The summed E-state index contributed by atoms with van der Waals surface area (Å²) in [5.74, 6) is 0.553. The average Bonchev–Trinajstić information content (AvgIpc) is 2.82. The van der Waals surface area contributed by atoms with E-state index in [0.29, 0.717) is 15.8 Å². The lowest BCUT2D eigenvalue weighted by Gasteiger charge is -2.25. The van der Waals surface area contributed by atoms with E-state index >= 15 is 0 Å². The molecule has 1 fully saturated rings. The molecular weight excluding hydrogens is 325 g/mol. The second-order valence-electron chi connectivity index (χ2n) is 4.93. The Morgan fingerprint density at radius 2 is 1.86 bits per heavy atom. The van der Waals surface area contributed by atoms with E-state index in [4.69, 9.17) is 23.2 Å². The molecule has 1 amide bonds. The second-order valence-corrected chi connectivity index (χ2v) is 6.84. The Kier molecular flexibility index (Phi) is 4.16. The number of carbonyl (C=O) groups excluding carboxylic acids is 1. The smallest absolute Gasteiger partial charge is 0.238 e. The van der Waals surface area contributed by atoms with Gasteiger partial charge in [0.25, 0.3) is 0 Å². The Balaban J connectivity index is 2.01. The van der Waals surface area contributed by atoms with Gasteiger partial charge in [0.05, 0.1) is 5.75 Å². The number of thioether (sulfide) groups is 1. The molecule has 1 heterocycles. The van der Waals surface area contributed by atoms with Crippen LogP contribution in [0.3, 0.4) is 0 Å². The summed E-state index contributed by atoms with van der Waals surface area (Å²) < 4.78 is 0. The predicted octanol–water partition coefficient (Wildman–Crippen LogP) is 5.08. The maximum Gasteiger partial charge on any atom is 0.238 e. The maximum absolute atomic E-state index is 12.3. The van der Waals surface area contributed by atoms with Crippen LogP contribution in [0.5, 0.6) is 0 Å². The zero-order valence-corrected chi connectivity index (χ0v) is 13.7. The number of hydrogen-bond donors (Lipinski definition) is 0. The monoisotopic (exact) mass is 337 g/mol. The van der Waals surface area contributed by atoms with Crippen molar-refractivity contribution in [1.29, 1.82) is 0 Å². The van der Waals surface area contributed by atoms with Gasteiger partial charge in [-0.3, -0.25) is 9.69 Å². The van der Waals surface area contributed by atoms with E-state index in [1.807, 2.05) is 37.3 Å². The van der Waals surface area contributed by atoms with Crippen LogP contribution >= 0.6 is 35.0 Å². The molecule has 1 atom stereocenters. The number of anilines is 1. The molecule has 2 aromatic rings. The lowest BCUT2D eigenvalue weighted by Crippen LogP contribution is -2.27. The van der Waals surface area contributed by atoms with Crippen LogP contribution in [0.15, 0.2) is 42.5 Å². The zero-order chi connectivity index (χ0) is 15.0. The van der Waals surface area contributed by atoms with Crippen molar-refractivity contribution in [3.05, 3.63) is 63.6 Å². The van der Waals surface area contributed by atoms with Crippen molar-refractivity contribution in [2.45, 2.75) is 12.3 Å². The molecule has 0 spiro atoms. The van der Waals surface area contributed by atoms with E-state index < -0.39 is 0 Å². The third-order valence-electron chi connectivity index (χ3n) is 3.41. The minimum atomic E-state index is -0.107. The summed E-state index contributed by atoms with van der Waals surface area (Å²) in [5.41, 5.74) is 2.98. The number of carbonyl (C=O) groups is 1. The first-order chi connectivity index (χ1) is 10.1. The van der Waals surface area contributed by atoms with Crippen molar-refractivity contribution < 1.29 is 4.79 Å². The number of nitrogens with zero attached hydrogens (tertiary/aromatic N) is 1. The topological polar surface area (TPSA) is 20.3 Å². The van der Waals surface area contributed by atoms with Gasteiger partial charge < -0.3 is 0 Å². The number of halogens is 2. The molecule has 0 N–H and O–H groups in total. The average molecular weight is 338 g/mol. The standard InChI is InChI=1S/C16H13Cl2NOS/c1-10-2-5-12(6-3-10)19-15(20)9-21-16(19)13-7-4-11(17)8-14(13)18/h2-8,16H,9H2,1H3. The van der Waals surface area contributed by atoms with Gasteiger partial charge in [-0.1, -0.05) is 47.0 Å². The fourth-order valence-corrected chi connectivity index (χ4v) is 4.13. The minimum absolute atomic E-state index is 0.0971. The Morgan fingerprint density at radius 1 is 1.14 bits per heavy atom. The summed E-state index contributed by atoms with van der Waals surface area (Å²) in [7, 11) is 0. The number of hydrogen-bond acceptors (Lipinski definition) is 2. The van der Waals surface area contributed by atoms with Crippen molar-refractivity contribution in [3.8, 4) is 0 Å². The van der Waals surface area contributed by atoms with Gasteiger partial charge in [0, 0.05) is 21.3 Å². The highest BCUT2D eigenvalue weighted by atomic mass is 35.5. The molecule has 0 aromatic heterocycles. The van der Waals surface area contributed by atoms with E-state index in [0.717, 1.165) is 11.3 Å². The van der Waals surface area contributed by atoms with Gasteiger partial charge in [0.2, 0.25) is 5.91 Å². The van der Waals surface area contributed by atoms with E-state index in [1.165, 1.54) is 5.56 Å². The van der Waals surface area contributed by atoms with Crippen LogP contribution in [0, 0.1) is 6.92 Å². The summed E-state index contributed by atoms with van der Waals surface area (Å²) in [5, 5.41) is 1.08. The molecule has 1 unspecified atom stereocenters. The number of rotatable bonds is 2. The van der Waals surface area contributed by atoms with Crippen LogP contribution in [0.1, 0.15) is 16.5 Å². The first kappa shape index (κ1) is 14.8. The summed E-state index contributed by atoms with van der Waals surface area (Å²) in [6, 6.07) is 13.4. The third kappa shape index (κ3) is 2.91. The van der Waals surface area contributed by atoms with Gasteiger partial charge in [0.15, 0.2) is 0 Å². The zero-order valence-electron chi connectivity index (χ0n) is 11.3. The fourth-order valence-electron chi connectivity index (χ4n) is 2.34. The van der Waals surface area contributed by atoms with Crippen LogP contribution in [0.25, 0.3) is 0 Å². The molecule has 5 heteroatoms. The van der Waals surface area contributed by atoms with Crippen molar-refractivity contribution in [1.82, 2.24) is 0 Å². The first-order valence-electron chi connectivity index (χ1n) is 6.51. The van der Waals surface area contributed by atoms with E-state index in [-0.39, 0.29) is 11.3 Å². The highest BCUT2D eigenvalue weighted by molar-refractivity contribution is 8.00. The molecule has 0 bridgehead atoms. The van der Waals surface area contributed by atoms with Gasteiger partial charge in [0.1, 0.15) is 5.37 Å². The Bertz CT molecular complexity index is 687. The number of benzene rings is 2. The van der Waals surface area contributed by atoms with Gasteiger partial charge in [-0.2, -0.15) is 0 Å². The van der Waals surface area contributed by atoms with Crippen LogP contribution in [0.2, 0.25) is 10.0 Å². The summed E-state index contributed by atoms with van der Waals surface area (Å²) >= 11 is 13.8. The van der Waals surface area contributed by atoms with Crippen LogP contribution < -0.4 is 4.90 Å². The molecule has 3 rings (SSSR count). The van der Waals surface area contributed by atoms with Gasteiger partial charge in [-0.25, -0.2) is 0 Å². The fraction of sp³-hybridized carbons (Fsp3) is 0.188. The number of amides is 1. The molecule has 1 aliphatic heterocycles. The van der Waals surface area contributed by atoms with Gasteiger partial charge in [-0.15, -0.1) is 11.8 Å². The predicted molar refractivity (Wildman–Crippen MR) is 90.3 cm³/mol. The van der Waals surface area contributed by atoms with E-state index in [1.54, 1.807) is 28.8 Å². The summed E-state index contributed by atoms with van der Waals surface area (Å²) in [6.45, 7) is 2.03. The van der Waals surface area contributed by atoms with Crippen LogP contribution in [-0.2, 0) is 4.79 Å². The Labute approximate surface area is 138 Å². The molecule has 1 saturated heterocycles. The normalized spacial score (nSPS) is 18.3. The summed E-state index contributed by atoms with van der Waals surface area (Å²) in [4.78, 5) is 14.1. The molecule has 108 valence electrons. The largest absolute Gasteiger partial charge is 0.295 e. The molecule has 2 aromatic carbocycles. The second kappa shape index (κ2) is 5.91. The molecule has 0 aliphatic carbocycles. The van der Waals surface area contributed by atoms with Gasteiger partial charge >= 0.3 is 0 Å². The van der Waals surface area contributed by atoms with E-state index in [2.05, 4.69) is 0 Å². The van der Waals surface area contributed by atoms with E-state index in [9.17, 15) is 4.79 Å². The molecule has 21 heavy (non-hydrogen) atoms. The molecule has 0 saturated carbocycles. The lowest BCUT2D eigenvalue weighted by molar-refractivity contribution is -0.115. The Hall–Kier alpha value is -1.16. The number of aryl methyl sites for hydroxylation is 1. The van der Waals surface area contributed by atoms with Crippen molar-refractivity contribution in [2.75, 3.05) is 10.7 Å². The highest BCUT2D eigenvalue weighted by Gasteiger charge is 2.35. The highest BCUT2D eigenvalue weighted by Crippen LogP contribution is 2.44. The lowest BCUT2D eigenvalue weighted by atomic mass is 10.1. The molecule has 2 nitrogen and oxygen atoms in total. The first-order valence-corrected chi connectivity index (χ1v) is 8.32. The van der Waals surface area contributed by atoms with Crippen molar-refractivity contribution in [2.24, 2.45) is 0 Å². The SMILES string of the molecule is Cc1ccc(N2C(=O)CSC2c2ccc(Cl)cc2Cl)cc1. The summed E-state index contributed by atoms with van der Waals surface area (Å²) in [6.07, 6.45) is 0. The van der Waals surface area contributed by atoms with Gasteiger partial charge in [-0.05, 0) is 31.2 Å². The molecular formula is C16H13Cl2NOS. The maximum atomic E-state index is 12.3. The quantitative estimate of drug-likeness (QED) is 0.761. The molecule has 1 aliphatic rings. The third-order valence-corrected chi connectivity index (χ3v) is 5.17. The van der Waals surface area contributed by atoms with Crippen molar-refractivity contribution >= 4 is 46.6 Å². The van der Waals surface area contributed by atoms with Crippen LogP contribution in [0.4, 0.5) is 5.69 Å².